The number of carbonyl (C=O) groups excluding carboxylic acids is 4. The first kappa shape index (κ1) is 22.5. The molecule has 10 aliphatic rings. The van der Waals surface area contributed by atoms with E-state index in [1.54, 1.807) is 0 Å². The summed E-state index contributed by atoms with van der Waals surface area (Å²) >= 11 is 0. The first-order valence-corrected chi connectivity index (χ1v) is 14.5. The van der Waals surface area contributed by atoms with E-state index >= 15 is 0 Å². The Morgan fingerprint density at radius 3 is 0.923 bits per heavy atom. The molecule has 2 heterocycles. The molecule has 208 valence electrons. The van der Waals surface area contributed by atoms with Gasteiger partial charge in [0.2, 0.25) is 22.4 Å². The van der Waals surface area contributed by atoms with Crippen LogP contribution in [0.15, 0.2) is 0 Å². The van der Waals surface area contributed by atoms with Gasteiger partial charge in [-0.2, -0.15) is 0 Å². The highest BCUT2D eigenvalue weighted by Gasteiger charge is 3.03. The van der Waals surface area contributed by atoms with Crippen molar-refractivity contribution in [1.29, 1.82) is 0 Å². The number of carbonyl (C=O) groups is 4. The minimum absolute atomic E-state index is 0.00305. The summed E-state index contributed by atoms with van der Waals surface area (Å²) in [5, 5.41) is 0. The molecule has 18 atom stereocenters. The van der Waals surface area contributed by atoms with Gasteiger partial charge in [0.25, 0.3) is 0 Å². The zero-order valence-electron chi connectivity index (χ0n) is 22.3. The Morgan fingerprint density at radius 1 is 0.462 bits per heavy atom. The Balaban J connectivity index is 1.02. The van der Waals surface area contributed by atoms with Gasteiger partial charge in [0.05, 0.1) is 28.4 Å². The summed E-state index contributed by atoms with van der Waals surface area (Å²) in [7, 11) is 5.45. The fourth-order valence-electron chi connectivity index (χ4n) is 14.5. The highest BCUT2D eigenvalue weighted by molar-refractivity contribution is 6.03. The zero-order valence-corrected chi connectivity index (χ0v) is 22.3. The van der Waals surface area contributed by atoms with Crippen LogP contribution in [0.3, 0.4) is 0 Å². The normalized spacial score (nSPS) is 64.7. The SMILES string of the molecule is COC(=O)[C@]12O[C@@]1(C(=O)OC)[C@@H]1[C@@H]3C[C@@H]([C@@H]4C5CC([C@H]34)[C@H]3[C@@H]4C[C@H]([C@@H]53)[C@@H]3[C@H]4[C@@]4(C(=O)OC)O[C@@]34C(=O)OC)[C@@H]12. The molecule has 10 rings (SSSR count). The molecule has 39 heavy (non-hydrogen) atoms. The van der Waals surface area contributed by atoms with Gasteiger partial charge in [-0.05, 0) is 78.4 Å². The standard InChI is InChI=1S/C29H32O10/c1-34-22(30)26-18-10-6-11(19(18)27(26,38-26)23(31)35-2)15-9-5-8(14(10)15)16-12-7-13(17(9)16)21-20(12)28(24(32)36-3)29(21,39-28)25(33)37-4/h8-21H,5-7H2,1-4H3/t8?,9?,10-,11+,12+,13-,14-,15+,16+,17-,18-,19+,20+,21-,26-,27+,28+,29-. The topological polar surface area (TPSA) is 130 Å². The maximum absolute atomic E-state index is 13.1. The molecule has 0 aromatic heterocycles. The van der Waals surface area contributed by atoms with Crippen LogP contribution < -0.4 is 0 Å². The van der Waals surface area contributed by atoms with Gasteiger partial charge in [-0.1, -0.05) is 0 Å². The van der Waals surface area contributed by atoms with E-state index in [2.05, 4.69) is 0 Å². The molecule has 0 spiro atoms. The smallest absolute Gasteiger partial charge is 0.342 e. The molecule has 10 heteroatoms. The average molecular weight is 541 g/mol. The summed E-state index contributed by atoms with van der Waals surface area (Å²) in [5.74, 6) is 2.62. The maximum atomic E-state index is 13.1. The van der Waals surface area contributed by atoms with Crippen molar-refractivity contribution in [1.82, 2.24) is 0 Å². The molecule has 0 radical (unpaired) electrons. The first-order chi connectivity index (χ1) is 18.8. The van der Waals surface area contributed by atoms with Crippen molar-refractivity contribution < 1.29 is 47.6 Å². The van der Waals surface area contributed by atoms with Crippen LogP contribution in [0.2, 0.25) is 0 Å². The van der Waals surface area contributed by atoms with Crippen molar-refractivity contribution in [2.24, 2.45) is 82.9 Å². The van der Waals surface area contributed by atoms with Gasteiger partial charge in [0.15, 0.2) is 0 Å². The van der Waals surface area contributed by atoms with Crippen molar-refractivity contribution in [2.45, 2.75) is 41.7 Å². The van der Waals surface area contributed by atoms with Crippen LogP contribution in [0.1, 0.15) is 19.3 Å². The van der Waals surface area contributed by atoms with E-state index in [0.717, 1.165) is 19.3 Å². The molecular formula is C29H32O10. The van der Waals surface area contributed by atoms with Crippen LogP contribution in [0.4, 0.5) is 0 Å². The molecule has 2 unspecified atom stereocenters. The van der Waals surface area contributed by atoms with E-state index in [9.17, 15) is 19.2 Å². The third kappa shape index (κ3) is 1.68. The molecule has 0 amide bonds. The molecule has 10 fully saturated rings. The number of methoxy groups -OCH3 is 4. The van der Waals surface area contributed by atoms with Crippen LogP contribution in [-0.4, -0.2) is 74.7 Å². The van der Waals surface area contributed by atoms with E-state index in [1.165, 1.54) is 28.4 Å². The van der Waals surface area contributed by atoms with E-state index in [0.29, 0.717) is 59.2 Å². The van der Waals surface area contributed by atoms with Gasteiger partial charge in [-0.3, -0.25) is 0 Å². The van der Waals surface area contributed by atoms with Crippen LogP contribution in [0.25, 0.3) is 0 Å². The average Bonchev–Trinajstić information content (AvgIpc) is 3.44. The maximum Gasteiger partial charge on any atom is 0.342 e. The number of rotatable bonds is 4. The summed E-state index contributed by atoms with van der Waals surface area (Å²) in [6, 6.07) is 0. The number of ether oxygens (including phenoxy) is 6. The summed E-state index contributed by atoms with van der Waals surface area (Å²) in [6.07, 6.45) is 3.22. The Labute approximate surface area is 224 Å². The second kappa shape index (κ2) is 6.03. The van der Waals surface area contributed by atoms with E-state index in [-0.39, 0.29) is 23.7 Å². The zero-order chi connectivity index (χ0) is 26.8. The number of fused-ring (bicyclic) bond motifs is 28. The van der Waals surface area contributed by atoms with Crippen molar-refractivity contribution in [3.05, 3.63) is 0 Å². The minimum Gasteiger partial charge on any atom is -0.467 e. The number of epoxide rings is 2. The summed E-state index contributed by atoms with van der Waals surface area (Å²) in [4.78, 5) is 52.2. The lowest BCUT2D eigenvalue weighted by Gasteiger charge is -2.57. The third-order valence-electron chi connectivity index (χ3n) is 14.6. The number of esters is 4. The molecule has 0 aromatic rings. The molecular weight excluding hydrogens is 508 g/mol. The molecule has 8 saturated carbocycles. The van der Waals surface area contributed by atoms with Crippen LogP contribution in [0, 0.1) is 82.9 Å². The van der Waals surface area contributed by atoms with Gasteiger partial charge in [-0.25, -0.2) is 19.2 Å². The second-order valence-electron chi connectivity index (χ2n) is 14.2. The van der Waals surface area contributed by atoms with Gasteiger partial charge in [0.1, 0.15) is 0 Å². The van der Waals surface area contributed by atoms with Crippen molar-refractivity contribution in [3.63, 3.8) is 0 Å². The molecule has 0 N–H and O–H groups in total. The van der Waals surface area contributed by atoms with Gasteiger partial charge >= 0.3 is 23.9 Å². The van der Waals surface area contributed by atoms with Crippen LogP contribution in [-0.2, 0) is 47.6 Å². The molecule has 10 nitrogen and oxygen atoms in total. The van der Waals surface area contributed by atoms with Crippen LogP contribution >= 0.6 is 0 Å². The van der Waals surface area contributed by atoms with Crippen molar-refractivity contribution in [2.75, 3.05) is 28.4 Å². The van der Waals surface area contributed by atoms with Gasteiger partial charge < -0.3 is 28.4 Å². The van der Waals surface area contributed by atoms with Gasteiger partial charge in [0, 0.05) is 23.7 Å². The number of hydrogen-bond acceptors (Lipinski definition) is 10. The van der Waals surface area contributed by atoms with Crippen LogP contribution in [0.5, 0.6) is 0 Å². The molecule has 2 aliphatic heterocycles. The Hall–Kier alpha value is -2.20. The predicted molar refractivity (Wildman–Crippen MR) is 124 cm³/mol. The molecule has 2 saturated heterocycles. The Morgan fingerprint density at radius 2 is 0.692 bits per heavy atom. The Bertz CT molecular complexity index is 1140. The highest BCUT2D eigenvalue weighted by atomic mass is 16.7. The third-order valence-corrected chi connectivity index (χ3v) is 14.6. The lowest BCUT2D eigenvalue weighted by Crippen LogP contribution is -2.69. The molecule has 0 aromatic carbocycles. The lowest BCUT2D eigenvalue weighted by atomic mass is 9.42. The summed E-state index contributed by atoms with van der Waals surface area (Å²) in [5.41, 5.74) is -4.74. The van der Waals surface area contributed by atoms with E-state index < -0.39 is 46.3 Å². The number of hydrogen-bond donors (Lipinski definition) is 0. The quantitative estimate of drug-likeness (QED) is 0.216. The Kier molecular flexibility index (Phi) is 3.48. The first-order valence-electron chi connectivity index (χ1n) is 14.5. The van der Waals surface area contributed by atoms with E-state index in [4.69, 9.17) is 28.4 Å². The van der Waals surface area contributed by atoms with Crippen molar-refractivity contribution >= 4 is 23.9 Å². The lowest BCUT2D eigenvalue weighted by molar-refractivity contribution is -0.175. The largest absolute Gasteiger partial charge is 0.467 e. The molecule has 6 bridgehead atoms. The predicted octanol–water partition coefficient (Wildman–Crippen LogP) is 0.600. The van der Waals surface area contributed by atoms with Gasteiger partial charge in [-0.15, -0.1) is 0 Å². The summed E-state index contributed by atoms with van der Waals surface area (Å²) in [6.45, 7) is 0. The van der Waals surface area contributed by atoms with Crippen molar-refractivity contribution in [3.8, 4) is 0 Å². The summed E-state index contributed by atoms with van der Waals surface area (Å²) < 4.78 is 33.0. The molecule has 8 aliphatic carbocycles. The second-order valence-corrected chi connectivity index (χ2v) is 14.2. The van der Waals surface area contributed by atoms with E-state index in [1.807, 2.05) is 0 Å². The fourth-order valence-corrected chi connectivity index (χ4v) is 14.5. The minimum atomic E-state index is -1.18. The highest BCUT2D eigenvalue weighted by Crippen LogP contribution is 2.91. The fraction of sp³-hybridized carbons (Fsp3) is 0.862. The monoisotopic (exact) mass is 540 g/mol.